The lowest BCUT2D eigenvalue weighted by Crippen LogP contribution is -2.28. The smallest absolute Gasteiger partial charge is 0.160 e. The first-order chi connectivity index (χ1) is 8.77. The number of hydrogen-bond acceptors (Lipinski definition) is 6. The first-order valence-corrected chi connectivity index (χ1v) is 6.14. The van der Waals surface area contributed by atoms with E-state index in [1.54, 1.807) is 6.07 Å². The van der Waals surface area contributed by atoms with Gasteiger partial charge in [-0.15, -0.1) is 0 Å². The lowest BCUT2D eigenvalue weighted by Gasteiger charge is -2.23. The molecule has 1 aromatic heterocycles. The molecular weight excluding hydrogens is 232 g/mol. The van der Waals surface area contributed by atoms with Crippen LogP contribution in [0.4, 0.5) is 11.4 Å². The van der Waals surface area contributed by atoms with Crippen molar-refractivity contribution >= 4 is 22.4 Å². The molecule has 0 saturated carbocycles. The molecule has 0 fully saturated rings. The van der Waals surface area contributed by atoms with E-state index in [1.165, 1.54) is 0 Å². The highest BCUT2D eigenvalue weighted by atomic mass is 16.6. The molecule has 0 aliphatic rings. The van der Waals surface area contributed by atoms with Gasteiger partial charge in [0.2, 0.25) is 0 Å². The molecule has 3 N–H and O–H groups in total. The largest absolute Gasteiger partial charge is 0.397 e. The zero-order chi connectivity index (χ0) is 13.0. The van der Waals surface area contributed by atoms with Crippen molar-refractivity contribution in [3.63, 3.8) is 0 Å². The third-order valence-electron chi connectivity index (χ3n) is 2.92. The Morgan fingerprint density at radius 1 is 1.28 bits per heavy atom. The van der Waals surface area contributed by atoms with E-state index in [1.807, 2.05) is 6.07 Å². The molecule has 0 radical (unpaired) electrons. The van der Waals surface area contributed by atoms with E-state index in [2.05, 4.69) is 22.1 Å². The highest BCUT2D eigenvalue weighted by Gasteiger charge is 2.15. The van der Waals surface area contributed by atoms with Crippen LogP contribution in [0.2, 0.25) is 0 Å². The zero-order valence-electron chi connectivity index (χ0n) is 10.5. The van der Waals surface area contributed by atoms with Crippen LogP contribution in [0.5, 0.6) is 0 Å². The van der Waals surface area contributed by atoms with Gasteiger partial charge in [0.15, 0.2) is 11.0 Å². The van der Waals surface area contributed by atoms with Crippen LogP contribution < -0.4 is 10.6 Å². The number of unbranched alkanes of at least 4 members (excludes halogenated alkanes) is 1. The maximum atomic E-state index is 9.15. The molecule has 2 aromatic rings. The Morgan fingerprint density at radius 2 is 2.06 bits per heavy atom. The van der Waals surface area contributed by atoms with Crippen molar-refractivity contribution in [1.82, 2.24) is 10.3 Å². The number of aliphatic hydroxyl groups is 1. The molecule has 6 heteroatoms. The van der Waals surface area contributed by atoms with E-state index >= 15 is 0 Å². The Labute approximate surface area is 105 Å². The fourth-order valence-corrected chi connectivity index (χ4v) is 1.95. The first-order valence-electron chi connectivity index (χ1n) is 6.14. The normalized spacial score (nSPS) is 11.0. The molecule has 0 saturated heterocycles. The average molecular weight is 250 g/mol. The van der Waals surface area contributed by atoms with Crippen molar-refractivity contribution in [2.45, 2.75) is 19.8 Å². The van der Waals surface area contributed by atoms with Crippen molar-refractivity contribution in [2.75, 3.05) is 30.3 Å². The van der Waals surface area contributed by atoms with Gasteiger partial charge in [0.05, 0.1) is 18.0 Å². The predicted molar refractivity (Wildman–Crippen MR) is 70.4 cm³/mol. The minimum atomic E-state index is 0.0981. The Balaban J connectivity index is 2.37. The number of rotatable bonds is 6. The maximum absolute atomic E-state index is 9.15. The number of nitrogen functional groups attached to an aromatic ring is 1. The highest BCUT2D eigenvalue weighted by molar-refractivity contribution is 5.95. The molecule has 6 nitrogen and oxygen atoms in total. The topological polar surface area (TPSA) is 88.4 Å². The zero-order valence-corrected chi connectivity index (χ0v) is 10.5. The summed E-state index contributed by atoms with van der Waals surface area (Å²) in [4.78, 5) is 2.08. The van der Waals surface area contributed by atoms with Crippen LogP contribution in [0, 0.1) is 0 Å². The lowest BCUT2D eigenvalue weighted by molar-refractivity contribution is 0.301. The summed E-state index contributed by atoms with van der Waals surface area (Å²) >= 11 is 0. The van der Waals surface area contributed by atoms with Gasteiger partial charge in [-0.2, -0.15) is 0 Å². The van der Waals surface area contributed by atoms with Crippen LogP contribution in [0.3, 0.4) is 0 Å². The van der Waals surface area contributed by atoms with E-state index < -0.39 is 0 Å². The molecule has 0 unspecified atom stereocenters. The number of aromatic nitrogens is 2. The summed E-state index contributed by atoms with van der Waals surface area (Å²) < 4.78 is 4.75. The maximum Gasteiger partial charge on any atom is 0.160 e. The average Bonchev–Trinajstić information content (AvgIpc) is 2.85. The van der Waals surface area contributed by atoms with Crippen molar-refractivity contribution < 1.29 is 9.74 Å². The van der Waals surface area contributed by atoms with Gasteiger partial charge in [0.25, 0.3) is 0 Å². The van der Waals surface area contributed by atoms with Crippen LogP contribution in [0.1, 0.15) is 19.8 Å². The molecule has 0 bridgehead atoms. The number of aliphatic hydroxyl groups excluding tert-OH is 1. The lowest BCUT2D eigenvalue weighted by atomic mass is 10.2. The van der Waals surface area contributed by atoms with Crippen LogP contribution in [-0.2, 0) is 0 Å². The third-order valence-corrected chi connectivity index (χ3v) is 2.92. The van der Waals surface area contributed by atoms with E-state index in [-0.39, 0.29) is 6.61 Å². The second-order valence-corrected chi connectivity index (χ2v) is 4.20. The van der Waals surface area contributed by atoms with Crippen molar-refractivity contribution in [3.8, 4) is 0 Å². The summed E-state index contributed by atoms with van der Waals surface area (Å²) in [6, 6.07) is 3.69. The number of nitrogens with zero attached hydrogens (tertiary/aromatic N) is 3. The minimum absolute atomic E-state index is 0.0981. The molecule has 98 valence electrons. The van der Waals surface area contributed by atoms with E-state index in [9.17, 15) is 0 Å². The molecule has 0 aliphatic heterocycles. The summed E-state index contributed by atoms with van der Waals surface area (Å²) in [6.45, 7) is 3.66. The number of fused-ring (bicyclic) bond motifs is 1. The van der Waals surface area contributed by atoms with Gasteiger partial charge in [-0.05, 0) is 28.9 Å². The minimum Gasteiger partial charge on any atom is -0.397 e. The molecule has 0 amide bonds. The van der Waals surface area contributed by atoms with Gasteiger partial charge in [-0.3, -0.25) is 0 Å². The second-order valence-electron chi connectivity index (χ2n) is 4.20. The standard InChI is InChI=1S/C12H18N4O2/c1-2-3-6-16(7-8-17)10-5-4-9(13)11-12(10)15-18-14-11/h4-5,17H,2-3,6-8,13H2,1H3. The van der Waals surface area contributed by atoms with Crippen LogP contribution in [0.25, 0.3) is 11.0 Å². The third kappa shape index (κ3) is 2.38. The Bertz CT molecular complexity index is 512. The quantitative estimate of drug-likeness (QED) is 0.753. The SMILES string of the molecule is CCCCN(CCO)c1ccc(N)c2nonc12. The summed E-state index contributed by atoms with van der Waals surface area (Å²) in [5.74, 6) is 0. The molecule has 1 heterocycles. The van der Waals surface area contributed by atoms with Gasteiger partial charge in [0.1, 0.15) is 0 Å². The van der Waals surface area contributed by atoms with Gasteiger partial charge >= 0.3 is 0 Å². The molecular formula is C12H18N4O2. The Kier molecular flexibility index (Phi) is 3.99. The monoisotopic (exact) mass is 250 g/mol. The van der Waals surface area contributed by atoms with Crippen molar-refractivity contribution in [3.05, 3.63) is 12.1 Å². The van der Waals surface area contributed by atoms with E-state index in [0.29, 0.717) is 23.3 Å². The van der Waals surface area contributed by atoms with Gasteiger partial charge < -0.3 is 15.7 Å². The van der Waals surface area contributed by atoms with Gasteiger partial charge in [-0.25, -0.2) is 4.63 Å². The summed E-state index contributed by atoms with van der Waals surface area (Å²) in [7, 11) is 0. The summed E-state index contributed by atoms with van der Waals surface area (Å²) in [5.41, 5.74) is 8.50. The van der Waals surface area contributed by atoms with Crippen LogP contribution in [-0.4, -0.2) is 35.1 Å². The fraction of sp³-hybridized carbons (Fsp3) is 0.500. The number of hydrogen-bond donors (Lipinski definition) is 2. The summed E-state index contributed by atoms with van der Waals surface area (Å²) in [6.07, 6.45) is 2.15. The number of nitrogens with two attached hydrogens (primary N) is 1. The summed E-state index contributed by atoms with van der Waals surface area (Å²) in [5, 5.41) is 16.9. The van der Waals surface area contributed by atoms with E-state index in [0.717, 1.165) is 25.1 Å². The molecule has 18 heavy (non-hydrogen) atoms. The molecule has 2 rings (SSSR count). The molecule has 0 aliphatic carbocycles. The van der Waals surface area contributed by atoms with Crippen molar-refractivity contribution in [1.29, 1.82) is 0 Å². The van der Waals surface area contributed by atoms with Crippen LogP contribution in [0.15, 0.2) is 16.8 Å². The van der Waals surface area contributed by atoms with Crippen LogP contribution >= 0.6 is 0 Å². The Morgan fingerprint density at radius 3 is 2.78 bits per heavy atom. The second kappa shape index (κ2) is 5.68. The predicted octanol–water partition coefficient (Wildman–Crippen LogP) is 1.40. The molecule has 0 atom stereocenters. The van der Waals surface area contributed by atoms with Gasteiger partial charge in [-0.1, -0.05) is 13.3 Å². The first kappa shape index (κ1) is 12.6. The molecule has 1 aromatic carbocycles. The number of benzene rings is 1. The van der Waals surface area contributed by atoms with Gasteiger partial charge in [0, 0.05) is 13.1 Å². The fourth-order valence-electron chi connectivity index (χ4n) is 1.95. The molecule has 0 spiro atoms. The number of anilines is 2. The van der Waals surface area contributed by atoms with Crippen molar-refractivity contribution in [2.24, 2.45) is 0 Å². The Hall–Kier alpha value is -1.82. The van der Waals surface area contributed by atoms with E-state index in [4.69, 9.17) is 15.5 Å². The highest BCUT2D eigenvalue weighted by Crippen LogP contribution is 2.28.